The quantitative estimate of drug-likeness (QED) is 0.329. The molecule has 0 radical (unpaired) electrons. The van der Waals surface area contributed by atoms with Crippen molar-refractivity contribution in [3.8, 4) is 0 Å². The van der Waals surface area contributed by atoms with E-state index in [1.165, 1.54) is 23.4 Å². The first kappa shape index (κ1) is 18.9. The molecule has 0 saturated carbocycles. The van der Waals surface area contributed by atoms with Gasteiger partial charge in [0.1, 0.15) is 17.4 Å². The number of benzene rings is 1. The average molecular weight is 395 g/mol. The van der Waals surface area contributed by atoms with E-state index in [4.69, 9.17) is 11.5 Å². The summed E-state index contributed by atoms with van der Waals surface area (Å²) in [6.07, 6.45) is -4.61. The lowest BCUT2D eigenvalue weighted by atomic mass is 9.93. The molecule has 1 fully saturated rings. The van der Waals surface area contributed by atoms with Crippen molar-refractivity contribution in [2.75, 3.05) is 18.0 Å². The molecule has 1 saturated heterocycles. The third-order valence-corrected chi connectivity index (χ3v) is 7.67. The first-order chi connectivity index (χ1) is 11.9. The summed E-state index contributed by atoms with van der Waals surface area (Å²) in [5.74, 6) is -1.13. The third kappa shape index (κ3) is 3.25. The lowest BCUT2D eigenvalue weighted by Crippen LogP contribution is -2.62. The summed E-state index contributed by atoms with van der Waals surface area (Å²) in [4.78, 5) is 4.28. The van der Waals surface area contributed by atoms with Gasteiger partial charge in [-0.25, -0.2) is 14.1 Å². The molecule has 0 amide bonds. The van der Waals surface area contributed by atoms with E-state index in [1.807, 2.05) is 0 Å². The number of halogens is 4. The summed E-state index contributed by atoms with van der Waals surface area (Å²) < 4.78 is 71.0. The number of hydrogen-bond donors (Lipinski definition) is 4. The van der Waals surface area contributed by atoms with Gasteiger partial charge >= 0.3 is 6.18 Å². The van der Waals surface area contributed by atoms with Crippen LogP contribution in [0.2, 0.25) is 0 Å². The van der Waals surface area contributed by atoms with Crippen molar-refractivity contribution in [1.82, 2.24) is 9.03 Å². The van der Waals surface area contributed by atoms with Crippen molar-refractivity contribution in [1.29, 1.82) is 0 Å². The maximum absolute atomic E-state index is 14.4. The van der Waals surface area contributed by atoms with Crippen LogP contribution in [0.3, 0.4) is 0 Å². The van der Waals surface area contributed by atoms with E-state index in [1.54, 1.807) is 0 Å². The smallest absolute Gasteiger partial charge is 0.399 e. The van der Waals surface area contributed by atoms with Gasteiger partial charge in [0.15, 0.2) is 0 Å². The van der Waals surface area contributed by atoms with Crippen LogP contribution >= 0.6 is 0 Å². The highest BCUT2D eigenvalue weighted by Gasteiger charge is 2.49. The minimum absolute atomic E-state index is 0.0462. The zero-order valence-corrected chi connectivity index (χ0v) is 14.9. The van der Waals surface area contributed by atoms with Gasteiger partial charge in [-0.05, 0) is 38.0 Å². The third-order valence-electron chi connectivity index (χ3n) is 4.72. The number of rotatable bonds is 1. The Morgan fingerprint density at radius 2 is 2.08 bits per heavy atom. The molecule has 2 aliphatic heterocycles. The van der Waals surface area contributed by atoms with Gasteiger partial charge in [-0.15, -0.1) is 0 Å². The van der Waals surface area contributed by atoms with Crippen LogP contribution in [0.1, 0.15) is 25.3 Å². The molecule has 5 N–H and O–H groups in total. The van der Waals surface area contributed by atoms with Gasteiger partial charge in [-0.2, -0.15) is 13.2 Å². The van der Waals surface area contributed by atoms with Crippen LogP contribution in [0.5, 0.6) is 0 Å². The van der Waals surface area contributed by atoms with Gasteiger partial charge in [0.25, 0.3) is 0 Å². The summed E-state index contributed by atoms with van der Waals surface area (Å²) in [7, 11) is -3.79. The maximum Gasteiger partial charge on any atom is 0.404 e. The number of guanidine groups is 1. The summed E-state index contributed by atoms with van der Waals surface area (Å²) in [5.41, 5.74) is 10.5. The second kappa shape index (κ2) is 6.08. The van der Waals surface area contributed by atoms with Crippen LogP contribution in [0.15, 0.2) is 23.2 Å². The van der Waals surface area contributed by atoms with E-state index in [0.717, 1.165) is 6.07 Å². The molecule has 26 heavy (non-hydrogen) atoms. The molecule has 11 heteroatoms. The number of nitrogen functional groups attached to an aromatic ring is 1. The molecular formula is C15H21F4N5OS. The van der Waals surface area contributed by atoms with E-state index in [2.05, 4.69) is 9.71 Å². The van der Waals surface area contributed by atoms with Gasteiger partial charge in [0, 0.05) is 28.1 Å². The van der Waals surface area contributed by atoms with E-state index >= 15 is 0 Å². The number of nitrogens with two attached hydrogens (primary N) is 2. The highest BCUT2D eigenvalue weighted by Crippen LogP contribution is 2.38. The summed E-state index contributed by atoms with van der Waals surface area (Å²) in [6.45, 7) is 1.57. The molecule has 0 aromatic heterocycles. The second-order valence-corrected chi connectivity index (χ2v) is 9.29. The van der Waals surface area contributed by atoms with Crippen LogP contribution in [0, 0.1) is 5.82 Å². The lowest BCUT2D eigenvalue weighted by molar-refractivity contribution is -0.152. The molecule has 0 unspecified atom stereocenters. The Kier molecular flexibility index (Phi) is 4.42. The largest absolute Gasteiger partial charge is 0.404 e. The maximum atomic E-state index is 14.4. The van der Waals surface area contributed by atoms with Crippen molar-refractivity contribution >= 4 is 22.0 Å². The SMILES string of the molecule is C[C@@]1(c2cc(N)ccc2F)C[SH]2(=O)N[C@H](C(F)(F)F)CCCN2C(N)=N1. The summed E-state index contributed by atoms with van der Waals surface area (Å²) in [5, 5.41) is 0. The van der Waals surface area contributed by atoms with E-state index < -0.39 is 33.9 Å². The fourth-order valence-electron chi connectivity index (χ4n) is 3.50. The van der Waals surface area contributed by atoms with Crippen LogP contribution < -0.4 is 16.2 Å². The van der Waals surface area contributed by atoms with Gasteiger partial charge in [0.2, 0.25) is 5.96 Å². The summed E-state index contributed by atoms with van der Waals surface area (Å²) >= 11 is 0. The molecule has 0 aliphatic carbocycles. The van der Waals surface area contributed by atoms with Crippen LogP contribution in [0.4, 0.5) is 23.2 Å². The molecule has 1 aromatic carbocycles. The molecule has 2 atom stereocenters. The first-order valence-corrected chi connectivity index (χ1v) is 9.91. The topological polar surface area (TPSA) is 96.7 Å². The number of nitrogens with zero attached hydrogens (tertiary/aromatic N) is 2. The molecule has 2 heterocycles. The molecule has 146 valence electrons. The Balaban J connectivity index is 2.07. The first-order valence-electron chi connectivity index (χ1n) is 8.07. The van der Waals surface area contributed by atoms with Gasteiger partial charge in [-0.3, -0.25) is 8.51 Å². The minimum atomic E-state index is -4.55. The highest BCUT2D eigenvalue weighted by atomic mass is 32.3. The molecule has 6 nitrogen and oxygen atoms in total. The van der Waals surface area contributed by atoms with E-state index in [-0.39, 0.29) is 42.3 Å². The lowest BCUT2D eigenvalue weighted by Gasteiger charge is -2.46. The Bertz CT molecular complexity index is 799. The predicted octanol–water partition coefficient (Wildman–Crippen LogP) is 1.41. The fraction of sp³-hybridized carbons (Fsp3) is 0.533. The van der Waals surface area contributed by atoms with Crippen molar-refractivity contribution in [2.45, 2.75) is 37.5 Å². The van der Waals surface area contributed by atoms with Gasteiger partial charge in [0.05, 0.1) is 5.75 Å². The second-order valence-electron chi connectivity index (χ2n) is 6.83. The summed E-state index contributed by atoms with van der Waals surface area (Å²) in [6, 6.07) is 1.92. The Hall–Kier alpha value is -1.88. The Morgan fingerprint density at radius 3 is 2.73 bits per heavy atom. The van der Waals surface area contributed by atoms with E-state index in [0.29, 0.717) is 0 Å². The molecule has 1 aromatic rings. The average Bonchev–Trinajstić information content (AvgIpc) is 2.68. The van der Waals surface area contributed by atoms with Crippen LogP contribution in [-0.4, -0.2) is 39.0 Å². The molecule has 0 spiro atoms. The minimum Gasteiger partial charge on any atom is -0.399 e. The standard InChI is InChI=1S/C15H21F4N5OS/c1-14(10-7-9(20)4-5-11(10)16)8-26(25)23-12(15(17,18)19)3-2-6-24(26)13(21)22-14/h4-5,7,12,26H,2-3,6,8,20H2,1H3,(H2,21,22)(H,23,25)/t12-,14-/m0/s1. The van der Waals surface area contributed by atoms with Crippen molar-refractivity contribution in [3.05, 3.63) is 29.6 Å². The highest BCUT2D eigenvalue weighted by molar-refractivity contribution is 7.99. The Labute approximate surface area is 149 Å². The van der Waals surface area contributed by atoms with Crippen molar-refractivity contribution in [2.24, 2.45) is 10.7 Å². The number of anilines is 1. The molecule has 0 bridgehead atoms. The van der Waals surface area contributed by atoms with Gasteiger partial charge in [-0.1, -0.05) is 0 Å². The molecule has 2 aliphatic rings. The predicted molar refractivity (Wildman–Crippen MR) is 93.1 cm³/mol. The normalized spacial score (nSPS) is 30.1. The van der Waals surface area contributed by atoms with Crippen LogP contribution in [0.25, 0.3) is 0 Å². The number of aliphatic imine (C=N–C) groups is 1. The van der Waals surface area contributed by atoms with Crippen LogP contribution in [-0.2, 0) is 15.8 Å². The number of nitrogens with one attached hydrogen (secondary N) is 1. The fourth-order valence-corrected chi connectivity index (χ4v) is 6.58. The van der Waals surface area contributed by atoms with E-state index in [9.17, 15) is 21.8 Å². The number of thiol groups is 1. The van der Waals surface area contributed by atoms with Crippen molar-refractivity contribution < 1.29 is 21.8 Å². The Morgan fingerprint density at radius 1 is 1.38 bits per heavy atom. The van der Waals surface area contributed by atoms with Gasteiger partial charge < -0.3 is 11.5 Å². The number of hydrogen-bond acceptors (Lipinski definition) is 4. The number of alkyl halides is 3. The number of fused-ring (bicyclic) bond motifs is 1. The molecule has 3 rings (SSSR count). The van der Waals surface area contributed by atoms with Crippen molar-refractivity contribution in [3.63, 3.8) is 0 Å². The zero-order valence-electron chi connectivity index (χ0n) is 14.1. The molecular weight excluding hydrogens is 374 g/mol. The zero-order chi connectivity index (χ0) is 19.3. The monoisotopic (exact) mass is 395 g/mol.